The predicted octanol–water partition coefficient (Wildman–Crippen LogP) is 2.14. The lowest BCUT2D eigenvalue weighted by Crippen LogP contribution is -2.49. The fourth-order valence-corrected chi connectivity index (χ4v) is 3.38. The highest BCUT2D eigenvalue weighted by molar-refractivity contribution is 5.82. The summed E-state index contributed by atoms with van der Waals surface area (Å²) in [5, 5.41) is 0. The Balaban J connectivity index is 2.15. The standard InChI is InChI=1S/C17H26N2O2/c1-3-14(13-8-5-4-6-9-13)16-10-7-11-19(16)17(20)15(18)12-21-2/h4-6,8-9,14-16H,3,7,10-12,18H2,1-2H3. The molecule has 2 rings (SSSR count). The van der Waals surface area contributed by atoms with Crippen molar-refractivity contribution >= 4 is 5.91 Å². The predicted molar refractivity (Wildman–Crippen MR) is 84.1 cm³/mol. The number of hydrogen-bond acceptors (Lipinski definition) is 3. The quantitative estimate of drug-likeness (QED) is 0.873. The molecule has 1 aliphatic rings. The summed E-state index contributed by atoms with van der Waals surface area (Å²) >= 11 is 0. The average molecular weight is 290 g/mol. The van der Waals surface area contributed by atoms with Gasteiger partial charge >= 0.3 is 0 Å². The highest BCUT2D eigenvalue weighted by atomic mass is 16.5. The average Bonchev–Trinajstić information content (AvgIpc) is 2.98. The smallest absolute Gasteiger partial charge is 0.242 e. The molecule has 0 aliphatic carbocycles. The van der Waals surface area contributed by atoms with Gasteiger partial charge in [-0.25, -0.2) is 0 Å². The molecule has 116 valence electrons. The fourth-order valence-electron chi connectivity index (χ4n) is 3.38. The third-order valence-electron chi connectivity index (χ3n) is 4.38. The molecule has 4 nitrogen and oxygen atoms in total. The molecule has 0 radical (unpaired) electrons. The van der Waals surface area contributed by atoms with Gasteiger partial charge in [-0.3, -0.25) is 4.79 Å². The van der Waals surface area contributed by atoms with E-state index >= 15 is 0 Å². The highest BCUT2D eigenvalue weighted by Gasteiger charge is 2.36. The van der Waals surface area contributed by atoms with Crippen molar-refractivity contribution in [2.24, 2.45) is 5.73 Å². The first-order valence-electron chi connectivity index (χ1n) is 7.79. The molecular weight excluding hydrogens is 264 g/mol. The van der Waals surface area contributed by atoms with Crippen LogP contribution in [0.1, 0.15) is 37.7 Å². The van der Waals surface area contributed by atoms with Gasteiger partial charge in [-0.15, -0.1) is 0 Å². The van der Waals surface area contributed by atoms with Gasteiger partial charge in [-0.05, 0) is 24.8 Å². The van der Waals surface area contributed by atoms with Gasteiger partial charge in [0.05, 0.1) is 6.61 Å². The fraction of sp³-hybridized carbons (Fsp3) is 0.588. The van der Waals surface area contributed by atoms with Crippen molar-refractivity contribution < 1.29 is 9.53 Å². The van der Waals surface area contributed by atoms with Crippen molar-refractivity contribution in [3.05, 3.63) is 35.9 Å². The summed E-state index contributed by atoms with van der Waals surface area (Å²) in [6.07, 6.45) is 3.14. The van der Waals surface area contributed by atoms with Crippen molar-refractivity contribution in [1.29, 1.82) is 0 Å². The number of nitrogens with zero attached hydrogens (tertiary/aromatic N) is 1. The normalized spacial score (nSPS) is 21.3. The molecule has 2 N–H and O–H groups in total. The van der Waals surface area contributed by atoms with Crippen LogP contribution in [0.25, 0.3) is 0 Å². The lowest BCUT2D eigenvalue weighted by Gasteiger charge is -2.33. The Bertz CT molecular complexity index is 449. The molecule has 1 saturated heterocycles. The summed E-state index contributed by atoms with van der Waals surface area (Å²) in [7, 11) is 1.58. The maximum Gasteiger partial charge on any atom is 0.242 e. The zero-order chi connectivity index (χ0) is 15.2. The van der Waals surface area contributed by atoms with Crippen LogP contribution >= 0.6 is 0 Å². The Morgan fingerprint density at radius 3 is 2.76 bits per heavy atom. The molecule has 3 atom stereocenters. The van der Waals surface area contributed by atoms with E-state index in [4.69, 9.17) is 10.5 Å². The molecule has 3 unspecified atom stereocenters. The molecule has 0 saturated carbocycles. The van der Waals surface area contributed by atoms with Crippen molar-refractivity contribution in [2.75, 3.05) is 20.3 Å². The van der Waals surface area contributed by atoms with E-state index in [-0.39, 0.29) is 18.6 Å². The zero-order valence-electron chi connectivity index (χ0n) is 13.0. The van der Waals surface area contributed by atoms with E-state index in [9.17, 15) is 4.79 Å². The van der Waals surface area contributed by atoms with E-state index in [1.807, 2.05) is 11.0 Å². The van der Waals surface area contributed by atoms with Crippen LogP contribution in [0.15, 0.2) is 30.3 Å². The largest absolute Gasteiger partial charge is 0.383 e. The minimum atomic E-state index is -0.552. The minimum Gasteiger partial charge on any atom is -0.383 e. The number of carbonyl (C=O) groups excluding carboxylic acids is 1. The second kappa shape index (κ2) is 7.57. The summed E-state index contributed by atoms with van der Waals surface area (Å²) < 4.78 is 5.02. The number of rotatable bonds is 6. The van der Waals surface area contributed by atoms with Gasteiger partial charge in [0.1, 0.15) is 6.04 Å². The van der Waals surface area contributed by atoms with Gasteiger partial charge < -0.3 is 15.4 Å². The Morgan fingerprint density at radius 2 is 2.14 bits per heavy atom. The van der Waals surface area contributed by atoms with Crippen molar-refractivity contribution in [3.8, 4) is 0 Å². The Labute approximate surface area is 127 Å². The van der Waals surface area contributed by atoms with Crippen LogP contribution in [0.4, 0.5) is 0 Å². The lowest BCUT2D eigenvalue weighted by atomic mass is 9.87. The first kappa shape index (κ1) is 16.0. The number of ether oxygens (including phenoxy) is 1. The summed E-state index contributed by atoms with van der Waals surface area (Å²) in [4.78, 5) is 14.5. The molecule has 1 heterocycles. The maximum absolute atomic E-state index is 12.5. The van der Waals surface area contributed by atoms with Gasteiger partial charge in [0, 0.05) is 25.6 Å². The monoisotopic (exact) mass is 290 g/mol. The lowest BCUT2D eigenvalue weighted by molar-refractivity contribution is -0.135. The van der Waals surface area contributed by atoms with E-state index in [1.54, 1.807) is 7.11 Å². The maximum atomic E-state index is 12.5. The van der Waals surface area contributed by atoms with Crippen LogP contribution < -0.4 is 5.73 Å². The molecule has 1 aromatic carbocycles. The number of likely N-dealkylation sites (tertiary alicyclic amines) is 1. The van der Waals surface area contributed by atoms with Gasteiger partial charge in [0.25, 0.3) is 0 Å². The van der Waals surface area contributed by atoms with Crippen molar-refractivity contribution in [2.45, 2.75) is 44.2 Å². The molecule has 1 aliphatic heterocycles. The van der Waals surface area contributed by atoms with Gasteiger partial charge in [0.2, 0.25) is 5.91 Å². The SMILES string of the molecule is CCC(c1ccccc1)C1CCCN1C(=O)C(N)COC. The van der Waals surface area contributed by atoms with Crippen LogP contribution in [0, 0.1) is 0 Å². The summed E-state index contributed by atoms with van der Waals surface area (Å²) in [6, 6.07) is 10.2. The van der Waals surface area contributed by atoms with Crippen LogP contribution in [-0.4, -0.2) is 43.2 Å². The molecule has 4 heteroatoms. The number of amides is 1. The van der Waals surface area contributed by atoms with Gasteiger partial charge in [0.15, 0.2) is 0 Å². The van der Waals surface area contributed by atoms with Crippen molar-refractivity contribution in [3.63, 3.8) is 0 Å². The third kappa shape index (κ3) is 3.63. The number of benzene rings is 1. The summed E-state index contributed by atoms with van der Waals surface area (Å²) in [5.41, 5.74) is 7.24. The van der Waals surface area contributed by atoms with Crippen LogP contribution in [0.5, 0.6) is 0 Å². The van der Waals surface area contributed by atoms with Crippen molar-refractivity contribution in [1.82, 2.24) is 4.90 Å². The number of nitrogens with two attached hydrogens (primary N) is 1. The number of hydrogen-bond donors (Lipinski definition) is 1. The first-order valence-corrected chi connectivity index (χ1v) is 7.79. The zero-order valence-corrected chi connectivity index (χ0v) is 13.0. The second-order valence-electron chi connectivity index (χ2n) is 5.73. The van der Waals surface area contributed by atoms with E-state index in [0.29, 0.717) is 5.92 Å². The molecule has 21 heavy (non-hydrogen) atoms. The number of carbonyl (C=O) groups is 1. The Morgan fingerprint density at radius 1 is 1.43 bits per heavy atom. The Hall–Kier alpha value is -1.39. The molecule has 0 bridgehead atoms. The summed E-state index contributed by atoms with van der Waals surface area (Å²) in [6.45, 7) is 3.28. The van der Waals surface area contributed by atoms with E-state index in [1.165, 1.54) is 5.56 Å². The van der Waals surface area contributed by atoms with Crippen LogP contribution in [-0.2, 0) is 9.53 Å². The molecule has 1 aromatic rings. The molecule has 0 aromatic heterocycles. The van der Waals surface area contributed by atoms with E-state index < -0.39 is 6.04 Å². The van der Waals surface area contributed by atoms with E-state index in [2.05, 4.69) is 31.2 Å². The summed E-state index contributed by atoms with van der Waals surface area (Å²) in [5.74, 6) is 0.404. The number of methoxy groups -OCH3 is 1. The van der Waals surface area contributed by atoms with E-state index in [0.717, 1.165) is 25.8 Å². The highest BCUT2D eigenvalue weighted by Crippen LogP contribution is 2.33. The van der Waals surface area contributed by atoms with Crippen LogP contribution in [0.2, 0.25) is 0 Å². The second-order valence-corrected chi connectivity index (χ2v) is 5.73. The molecule has 0 spiro atoms. The topological polar surface area (TPSA) is 55.6 Å². The molecule has 1 amide bonds. The Kier molecular flexibility index (Phi) is 5.76. The minimum absolute atomic E-state index is 0.0220. The van der Waals surface area contributed by atoms with Crippen LogP contribution in [0.3, 0.4) is 0 Å². The third-order valence-corrected chi connectivity index (χ3v) is 4.38. The molecule has 1 fully saturated rings. The first-order chi connectivity index (χ1) is 10.2. The van der Waals surface area contributed by atoms with Gasteiger partial charge in [-0.2, -0.15) is 0 Å². The van der Waals surface area contributed by atoms with Gasteiger partial charge in [-0.1, -0.05) is 37.3 Å². The molecular formula is C17H26N2O2.